The van der Waals surface area contributed by atoms with E-state index in [1.807, 2.05) is 11.4 Å². The first kappa shape index (κ1) is 14.5. The van der Waals surface area contributed by atoms with Crippen molar-refractivity contribution >= 4 is 22.9 Å². The number of hydrogen-bond acceptors (Lipinski definition) is 4. The molecule has 4 nitrogen and oxygen atoms in total. The Kier molecular flexibility index (Phi) is 5.82. The van der Waals surface area contributed by atoms with E-state index in [2.05, 4.69) is 15.5 Å². The van der Waals surface area contributed by atoms with Gasteiger partial charge in [0.1, 0.15) is 0 Å². The molecule has 0 atom stereocenters. The Labute approximate surface area is 119 Å². The molecule has 2 rings (SSSR count). The highest BCUT2D eigenvalue weighted by Crippen LogP contribution is 2.21. The zero-order valence-electron chi connectivity index (χ0n) is 11.6. The molecule has 0 unspecified atom stereocenters. The van der Waals surface area contributed by atoms with Crippen LogP contribution in [0.1, 0.15) is 31.1 Å². The van der Waals surface area contributed by atoms with E-state index in [-0.39, 0.29) is 5.91 Å². The summed E-state index contributed by atoms with van der Waals surface area (Å²) in [5, 5.41) is 8.34. The Morgan fingerprint density at radius 1 is 1.42 bits per heavy atom. The first-order chi connectivity index (χ1) is 9.25. The van der Waals surface area contributed by atoms with Gasteiger partial charge in [-0.1, -0.05) is 0 Å². The van der Waals surface area contributed by atoms with Crippen molar-refractivity contribution in [1.82, 2.24) is 10.2 Å². The lowest BCUT2D eigenvalue weighted by Gasteiger charge is -2.14. The predicted molar refractivity (Wildman–Crippen MR) is 80.6 cm³/mol. The summed E-state index contributed by atoms with van der Waals surface area (Å²) >= 11 is 1.69. The topological polar surface area (TPSA) is 44.4 Å². The second kappa shape index (κ2) is 7.62. The molecule has 0 aromatic carbocycles. The molecule has 106 valence electrons. The van der Waals surface area contributed by atoms with Crippen LogP contribution in [-0.2, 0) is 11.3 Å². The van der Waals surface area contributed by atoms with E-state index in [4.69, 9.17) is 0 Å². The maximum Gasteiger partial charge on any atom is 0.221 e. The monoisotopic (exact) mass is 281 g/mol. The van der Waals surface area contributed by atoms with Crippen molar-refractivity contribution < 1.29 is 4.79 Å². The Morgan fingerprint density at radius 2 is 2.21 bits per heavy atom. The normalized spacial score (nSPS) is 15.8. The summed E-state index contributed by atoms with van der Waals surface area (Å²) in [6.07, 6.45) is 3.92. The van der Waals surface area contributed by atoms with Crippen LogP contribution in [-0.4, -0.2) is 37.0 Å². The van der Waals surface area contributed by atoms with E-state index in [1.165, 1.54) is 43.8 Å². The van der Waals surface area contributed by atoms with Crippen LogP contribution < -0.4 is 10.6 Å². The van der Waals surface area contributed by atoms with Gasteiger partial charge in [0, 0.05) is 18.3 Å². The van der Waals surface area contributed by atoms with Gasteiger partial charge in [-0.25, -0.2) is 0 Å². The molecule has 1 aliphatic rings. The number of amides is 1. The Balaban J connectivity index is 1.62. The lowest BCUT2D eigenvalue weighted by molar-refractivity contribution is -0.114. The van der Waals surface area contributed by atoms with Crippen molar-refractivity contribution in [2.75, 3.05) is 31.5 Å². The molecule has 0 bridgehead atoms. The van der Waals surface area contributed by atoms with Crippen LogP contribution in [0.5, 0.6) is 0 Å². The molecular weight excluding hydrogens is 258 g/mol. The molecule has 2 heterocycles. The molecule has 0 radical (unpaired) electrons. The fraction of sp³-hybridized carbons (Fsp3) is 0.643. The number of carbonyl (C=O) groups is 1. The largest absolute Gasteiger partial charge is 0.325 e. The van der Waals surface area contributed by atoms with E-state index < -0.39 is 0 Å². The van der Waals surface area contributed by atoms with Crippen molar-refractivity contribution in [1.29, 1.82) is 0 Å². The SMILES string of the molecule is CC(=O)Nc1ccsc1CNCCCN1CCCC1. The van der Waals surface area contributed by atoms with Gasteiger partial charge >= 0.3 is 0 Å². The summed E-state index contributed by atoms with van der Waals surface area (Å²) in [4.78, 5) is 14.8. The highest BCUT2D eigenvalue weighted by Gasteiger charge is 2.10. The fourth-order valence-corrected chi connectivity index (χ4v) is 3.21. The lowest BCUT2D eigenvalue weighted by Crippen LogP contribution is -2.24. The minimum Gasteiger partial charge on any atom is -0.325 e. The van der Waals surface area contributed by atoms with Gasteiger partial charge in [-0.3, -0.25) is 4.79 Å². The average Bonchev–Trinajstić information content (AvgIpc) is 3.00. The van der Waals surface area contributed by atoms with E-state index in [1.54, 1.807) is 18.3 Å². The first-order valence-electron chi connectivity index (χ1n) is 7.03. The standard InChI is InChI=1S/C14H23N3OS/c1-12(18)16-13-5-10-19-14(13)11-15-6-4-9-17-7-2-3-8-17/h5,10,15H,2-4,6-9,11H2,1H3,(H,16,18). The number of thiophene rings is 1. The van der Waals surface area contributed by atoms with Gasteiger partial charge in [-0.05, 0) is 56.9 Å². The molecule has 1 aromatic heterocycles. The minimum absolute atomic E-state index is 0.00585. The molecule has 1 amide bonds. The number of anilines is 1. The van der Waals surface area contributed by atoms with E-state index in [0.29, 0.717) is 0 Å². The second-order valence-electron chi connectivity index (χ2n) is 5.02. The summed E-state index contributed by atoms with van der Waals surface area (Å²) in [6.45, 7) is 7.18. The average molecular weight is 281 g/mol. The van der Waals surface area contributed by atoms with Gasteiger partial charge < -0.3 is 15.5 Å². The number of likely N-dealkylation sites (tertiary alicyclic amines) is 1. The highest BCUT2D eigenvalue weighted by atomic mass is 32.1. The fourth-order valence-electron chi connectivity index (χ4n) is 2.41. The number of rotatable bonds is 7. The highest BCUT2D eigenvalue weighted by molar-refractivity contribution is 7.10. The molecule has 1 aliphatic heterocycles. The number of nitrogens with one attached hydrogen (secondary N) is 2. The molecule has 1 saturated heterocycles. The van der Waals surface area contributed by atoms with Crippen LogP contribution >= 0.6 is 11.3 Å². The third-order valence-electron chi connectivity index (χ3n) is 3.37. The molecule has 2 N–H and O–H groups in total. The molecular formula is C14H23N3OS. The number of nitrogens with zero attached hydrogens (tertiary/aromatic N) is 1. The molecule has 0 aliphatic carbocycles. The van der Waals surface area contributed by atoms with Gasteiger partial charge in [-0.2, -0.15) is 0 Å². The van der Waals surface area contributed by atoms with Gasteiger partial charge in [-0.15, -0.1) is 11.3 Å². The maximum atomic E-state index is 11.1. The molecule has 0 spiro atoms. The maximum absolute atomic E-state index is 11.1. The zero-order chi connectivity index (χ0) is 13.5. The van der Waals surface area contributed by atoms with Crippen molar-refractivity contribution in [2.24, 2.45) is 0 Å². The smallest absolute Gasteiger partial charge is 0.221 e. The number of hydrogen-bond donors (Lipinski definition) is 2. The summed E-state index contributed by atoms with van der Waals surface area (Å²) in [6, 6.07) is 1.97. The van der Waals surface area contributed by atoms with Gasteiger partial charge in [0.25, 0.3) is 0 Å². The number of carbonyl (C=O) groups excluding carboxylic acids is 1. The van der Waals surface area contributed by atoms with Crippen molar-refractivity contribution in [3.63, 3.8) is 0 Å². The molecule has 19 heavy (non-hydrogen) atoms. The molecule has 1 aromatic rings. The Hall–Kier alpha value is -0.910. The third kappa shape index (κ3) is 4.93. The molecule has 0 saturated carbocycles. The van der Waals surface area contributed by atoms with E-state index in [9.17, 15) is 4.79 Å². The van der Waals surface area contributed by atoms with Gasteiger partial charge in [0.15, 0.2) is 0 Å². The van der Waals surface area contributed by atoms with E-state index in [0.717, 1.165) is 18.8 Å². The van der Waals surface area contributed by atoms with Gasteiger partial charge in [0.05, 0.1) is 5.69 Å². The van der Waals surface area contributed by atoms with Crippen molar-refractivity contribution in [3.8, 4) is 0 Å². The Morgan fingerprint density at radius 3 is 2.95 bits per heavy atom. The first-order valence-corrected chi connectivity index (χ1v) is 7.90. The second-order valence-corrected chi connectivity index (χ2v) is 6.02. The van der Waals surface area contributed by atoms with Crippen molar-refractivity contribution in [3.05, 3.63) is 16.3 Å². The van der Waals surface area contributed by atoms with Gasteiger partial charge in [0.2, 0.25) is 5.91 Å². The zero-order valence-corrected chi connectivity index (χ0v) is 12.4. The van der Waals surface area contributed by atoms with Crippen LogP contribution in [0.4, 0.5) is 5.69 Å². The lowest BCUT2D eigenvalue weighted by atomic mass is 10.3. The summed E-state index contributed by atoms with van der Waals surface area (Å²) in [5.74, 6) is -0.00585. The third-order valence-corrected chi connectivity index (χ3v) is 4.29. The van der Waals surface area contributed by atoms with Crippen molar-refractivity contribution in [2.45, 2.75) is 32.7 Å². The minimum atomic E-state index is -0.00585. The van der Waals surface area contributed by atoms with Crippen LogP contribution in [0.15, 0.2) is 11.4 Å². The van der Waals surface area contributed by atoms with E-state index >= 15 is 0 Å². The quantitative estimate of drug-likeness (QED) is 0.754. The molecule has 5 heteroatoms. The summed E-state index contributed by atoms with van der Waals surface area (Å²) < 4.78 is 0. The van der Waals surface area contributed by atoms with Crippen LogP contribution in [0.3, 0.4) is 0 Å². The van der Waals surface area contributed by atoms with Crippen LogP contribution in [0, 0.1) is 0 Å². The van der Waals surface area contributed by atoms with Crippen LogP contribution in [0.25, 0.3) is 0 Å². The summed E-state index contributed by atoms with van der Waals surface area (Å²) in [5.41, 5.74) is 0.949. The molecule has 1 fully saturated rings. The summed E-state index contributed by atoms with van der Waals surface area (Å²) in [7, 11) is 0. The Bertz CT molecular complexity index is 399. The van der Waals surface area contributed by atoms with Crippen LogP contribution in [0.2, 0.25) is 0 Å². The predicted octanol–water partition coefficient (Wildman–Crippen LogP) is 2.28.